The molecule has 7 heteroatoms. The number of hydrogen-bond acceptors (Lipinski definition) is 4. The van der Waals surface area contributed by atoms with Crippen molar-refractivity contribution in [2.45, 2.75) is 13.3 Å². The first kappa shape index (κ1) is 12.8. The predicted molar refractivity (Wildman–Crippen MR) is 71.5 cm³/mol. The van der Waals surface area contributed by atoms with Gasteiger partial charge in [-0.15, -0.1) is 0 Å². The number of nitrogen functional groups attached to an aromatic ring is 1. The smallest absolute Gasteiger partial charge is 0.310 e. The highest BCUT2D eigenvalue weighted by Crippen LogP contribution is 2.22. The Hall–Kier alpha value is -1.60. The molecule has 0 radical (unpaired) electrons. The van der Waals surface area contributed by atoms with Gasteiger partial charge >= 0.3 is 10.2 Å². The Labute approximate surface area is 106 Å². The van der Waals surface area contributed by atoms with Crippen LogP contribution in [0.1, 0.15) is 12.5 Å². The molecular formula is C11H16N4O2S. The van der Waals surface area contributed by atoms with Crippen LogP contribution < -0.4 is 5.73 Å². The normalized spacial score (nSPS) is 12.4. The zero-order valence-electron chi connectivity index (χ0n) is 10.6. The summed E-state index contributed by atoms with van der Waals surface area (Å²) in [5.41, 5.74) is 7.85. The fraction of sp³-hybridized carbons (Fsp3) is 0.364. The lowest BCUT2D eigenvalue weighted by Crippen LogP contribution is -2.29. The number of nitrogens with zero attached hydrogens (tertiary/aromatic N) is 3. The maximum atomic E-state index is 12.2. The van der Waals surface area contributed by atoms with Gasteiger partial charge in [0.1, 0.15) is 0 Å². The number of aromatic nitrogens is 2. The Morgan fingerprint density at radius 1 is 1.39 bits per heavy atom. The zero-order chi connectivity index (χ0) is 13.5. The van der Waals surface area contributed by atoms with Gasteiger partial charge in [-0.25, -0.2) is 4.98 Å². The molecular weight excluding hydrogens is 252 g/mol. The van der Waals surface area contributed by atoms with Crippen LogP contribution >= 0.6 is 0 Å². The van der Waals surface area contributed by atoms with E-state index in [0.29, 0.717) is 11.0 Å². The maximum absolute atomic E-state index is 12.2. The summed E-state index contributed by atoms with van der Waals surface area (Å²) < 4.78 is 26.6. The lowest BCUT2D eigenvalue weighted by molar-refractivity contribution is 0.513. The highest BCUT2D eigenvalue weighted by Gasteiger charge is 2.22. The molecule has 1 aromatic heterocycles. The van der Waals surface area contributed by atoms with Gasteiger partial charge in [0, 0.05) is 14.1 Å². The Morgan fingerprint density at radius 3 is 2.61 bits per heavy atom. The van der Waals surface area contributed by atoms with Gasteiger partial charge in [0.25, 0.3) is 0 Å². The number of nitrogens with two attached hydrogens (primary N) is 1. The second-order valence-corrected chi connectivity index (χ2v) is 6.19. The second kappa shape index (κ2) is 4.25. The number of rotatable bonds is 3. The molecule has 0 amide bonds. The van der Waals surface area contributed by atoms with Crippen molar-refractivity contribution in [1.82, 2.24) is 13.3 Å². The second-order valence-electron chi connectivity index (χ2n) is 4.20. The van der Waals surface area contributed by atoms with Crippen LogP contribution in [0, 0.1) is 0 Å². The monoisotopic (exact) mass is 268 g/mol. The number of hydrogen-bond donors (Lipinski definition) is 1. The molecule has 0 atom stereocenters. The Morgan fingerprint density at radius 2 is 2.06 bits per heavy atom. The summed E-state index contributed by atoms with van der Waals surface area (Å²) in [6.07, 6.45) is 0.822. The van der Waals surface area contributed by atoms with Crippen LogP contribution in [0.2, 0.25) is 0 Å². The summed E-state index contributed by atoms with van der Waals surface area (Å²) >= 11 is 0. The van der Waals surface area contributed by atoms with Crippen LogP contribution in [0.4, 0.5) is 5.95 Å². The van der Waals surface area contributed by atoms with Gasteiger partial charge in [-0.3, -0.25) is 0 Å². The van der Waals surface area contributed by atoms with Crippen LogP contribution in [-0.2, 0) is 16.6 Å². The first-order chi connectivity index (χ1) is 8.37. The van der Waals surface area contributed by atoms with E-state index in [0.717, 1.165) is 20.3 Å². The zero-order valence-corrected chi connectivity index (χ0v) is 11.4. The molecule has 98 valence electrons. The van der Waals surface area contributed by atoms with Crippen LogP contribution in [0.5, 0.6) is 0 Å². The average molecular weight is 268 g/mol. The van der Waals surface area contributed by atoms with Crippen molar-refractivity contribution in [3.05, 3.63) is 23.8 Å². The third-order valence-electron chi connectivity index (χ3n) is 2.80. The van der Waals surface area contributed by atoms with Crippen LogP contribution in [0.3, 0.4) is 0 Å². The standard InChI is InChI=1S/C11H16N4O2S/c1-4-8-5-6-9-10(7-8)15(11(12)13-9)18(16,17)14(2)3/h5-7H,4H2,1-3H3,(H2,12,13). The van der Waals surface area contributed by atoms with Crippen molar-refractivity contribution in [3.63, 3.8) is 0 Å². The molecule has 0 fully saturated rings. The fourth-order valence-corrected chi connectivity index (χ4v) is 2.74. The molecule has 6 nitrogen and oxygen atoms in total. The summed E-state index contributed by atoms with van der Waals surface area (Å²) in [6, 6.07) is 5.51. The molecule has 0 aliphatic heterocycles. The number of imidazole rings is 1. The molecule has 1 aromatic carbocycles. The van der Waals surface area contributed by atoms with Crippen LogP contribution in [0.15, 0.2) is 18.2 Å². The molecule has 0 saturated carbocycles. The number of fused-ring (bicyclic) bond motifs is 1. The van der Waals surface area contributed by atoms with Crippen LogP contribution in [-0.4, -0.2) is 35.8 Å². The van der Waals surface area contributed by atoms with Gasteiger partial charge in [0.2, 0.25) is 5.95 Å². The van der Waals surface area contributed by atoms with E-state index >= 15 is 0 Å². The minimum atomic E-state index is -3.65. The van der Waals surface area contributed by atoms with E-state index in [1.165, 1.54) is 14.1 Å². The summed E-state index contributed by atoms with van der Waals surface area (Å²) in [5.74, 6) is -0.0213. The first-order valence-corrected chi connectivity index (χ1v) is 6.97. The molecule has 18 heavy (non-hydrogen) atoms. The largest absolute Gasteiger partial charge is 0.368 e. The Kier molecular flexibility index (Phi) is 3.04. The molecule has 2 aromatic rings. The third kappa shape index (κ3) is 1.85. The maximum Gasteiger partial charge on any atom is 0.310 e. The molecule has 0 aliphatic carbocycles. The molecule has 0 aliphatic rings. The molecule has 0 spiro atoms. The van der Waals surface area contributed by atoms with E-state index in [9.17, 15) is 8.42 Å². The van der Waals surface area contributed by atoms with Crippen molar-refractivity contribution >= 4 is 27.2 Å². The predicted octanol–water partition coefficient (Wildman–Crippen LogP) is 0.835. The van der Waals surface area contributed by atoms with Gasteiger partial charge in [-0.05, 0) is 24.1 Å². The fourth-order valence-electron chi connectivity index (χ4n) is 1.74. The molecule has 0 saturated heterocycles. The van der Waals surface area contributed by atoms with E-state index < -0.39 is 10.2 Å². The van der Waals surface area contributed by atoms with E-state index in [1.807, 2.05) is 13.0 Å². The first-order valence-electron chi connectivity index (χ1n) is 5.57. The minimum absolute atomic E-state index is 0.0213. The van der Waals surface area contributed by atoms with Crippen molar-refractivity contribution in [3.8, 4) is 0 Å². The van der Waals surface area contributed by atoms with Crippen molar-refractivity contribution in [2.75, 3.05) is 19.8 Å². The molecule has 2 N–H and O–H groups in total. The molecule has 0 unspecified atom stereocenters. The summed E-state index contributed by atoms with van der Waals surface area (Å²) in [5, 5.41) is 0. The number of aryl methyl sites for hydroxylation is 1. The lowest BCUT2D eigenvalue weighted by atomic mass is 10.1. The highest BCUT2D eigenvalue weighted by molar-refractivity contribution is 7.87. The molecule has 0 bridgehead atoms. The van der Waals surface area contributed by atoms with Gasteiger partial charge in [-0.1, -0.05) is 13.0 Å². The topological polar surface area (TPSA) is 81.2 Å². The summed E-state index contributed by atoms with van der Waals surface area (Å²) in [4.78, 5) is 4.07. The molecule has 1 heterocycles. The lowest BCUT2D eigenvalue weighted by Gasteiger charge is -2.13. The van der Waals surface area contributed by atoms with E-state index in [4.69, 9.17) is 5.73 Å². The third-order valence-corrected chi connectivity index (χ3v) is 4.57. The summed E-state index contributed by atoms with van der Waals surface area (Å²) in [7, 11) is -0.728. The van der Waals surface area contributed by atoms with Crippen molar-refractivity contribution in [1.29, 1.82) is 0 Å². The Balaban J connectivity index is 2.81. The SMILES string of the molecule is CCc1ccc2nc(N)n(S(=O)(=O)N(C)C)c2c1. The van der Waals surface area contributed by atoms with Gasteiger partial charge in [0.05, 0.1) is 11.0 Å². The molecule has 2 rings (SSSR count). The van der Waals surface area contributed by atoms with Crippen molar-refractivity contribution < 1.29 is 8.42 Å². The van der Waals surface area contributed by atoms with E-state index in [2.05, 4.69) is 4.98 Å². The quantitative estimate of drug-likeness (QED) is 0.894. The van der Waals surface area contributed by atoms with Gasteiger partial charge in [0.15, 0.2) is 0 Å². The van der Waals surface area contributed by atoms with E-state index in [-0.39, 0.29) is 5.95 Å². The Bertz CT molecular complexity index is 688. The van der Waals surface area contributed by atoms with E-state index in [1.54, 1.807) is 12.1 Å². The van der Waals surface area contributed by atoms with Gasteiger partial charge < -0.3 is 5.73 Å². The van der Waals surface area contributed by atoms with Crippen molar-refractivity contribution in [2.24, 2.45) is 0 Å². The minimum Gasteiger partial charge on any atom is -0.368 e. The van der Waals surface area contributed by atoms with Crippen LogP contribution in [0.25, 0.3) is 11.0 Å². The summed E-state index contributed by atoms with van der Waals surface area (Å²) in [6.45, 7) is 2.01. The number of benzene rings is 1. The number of anilines is 1. The van der Waals surface area contributed by atoms with Gasteiger partial charge in [-0.2, -0.15) is 16.7 Å². The highest BCUT2D eigenvalue weighted by atomic mass is 32.2. The average Bonchev–Trinajstić information content (AvgIpc) is 2.63.